The average molecular weight is 170 g/mol. The zero-order chi connectivity index (χ0) is 9.14. The maximum absolute atomic E-state index is 11.2. The first-order valence-corrected chi connectivity index (χ1v) is 4.31. The number of ketones is 1. The molecule has 0 aromatic rings. The Kier molecular flexibility index (Phi) is 2.84. The molecule has 0 saturated heterocycles. The molecule has 2 atom stereocenters. The summed E-state index contributed by atoms with van der Waals surface area (Å²) in [4.78, 5) is 21.8. The van der Waals surface area contributed by atoms with Gasteiger partial charge in [-0.1, -0.05) is 0 Å². The fraction of sp³-hybridized carbons (Fsp3) is 0.778. The Balaban J connectivity index is 2.45. The van der Waals surface area contributed by atoms with Gasteiger partial charge in [0.05, 0.1) is 5.92 Å². The summed E-state index contributed by atoms with van der Waals surface area (Å²) in [7, 11) is 0. The highest BCUT2D eigenvalue weighted by Crippen LogP contribution is 2.25. The second-order valence-electron chi connectivity index (χ2n) is 3.28. The van der Waals surface area contributed by atoms with Gasteiger partial charge in [-0.25, -0.2) is 0 Å². The number of esters is 1. The molecule has 3 heteroatoms. The van der Waals surface area contributed by atoms with Gasteiger partial charge < -0.3 is 4.74 Å². The molecule has 3 nitrogen and oxygen atoms in total. The van der Waals surface area contributed by atoms with Crippen molar-refractivity contribution >= 4 is 11.8 Å². The molecule has 68 valence electrons. The predicted octanol–water partition coefficient (Wildman–Crippen LogP) is 1.31. The van der Waals surface area contributed by atoms with Crippen LogP contribution in [0.3, 0.4) is 0 Å². The van der Waals surface area contributed by atoms with Crippen LogP contribution in [0, 0.1) is 5.92 Å². The molecular formula is C9H14O3. The highest BCUT2D eigenvalue weighted by atomic mass is 16.5. The second kappa shape index (κ2) is 3.70. The zero-order valence-electron chi connectivity index (χ0n) is 7.50. The Morgan fingerprint density at radius 2 is 2.33 bits per heavy atom. The minimum Gasteiger partial charge on any atom is -0.462 e. The van der Waals surface area contributed by atoms with Gasteiger partial charge in [0.1, 0.15) is 11.9 Å². The number of rotatable bonds is 2. The van der Waals surface area contributed by atoms with Gasteiger partial charge >= 0.3 is 5.97 Å². The van der Waals surface area contributed by atoms with E-state index in [-0.39, 0.29) is 23.8 Å². The third-order valence-corrected chi connectivity index (χ3v) is 2.27. The van der Waals surface area contributed by atoms with Gasteiger partial charge in [-0.3, -0.25) is 9.59 Å². The molecule has 1 aliphatic rings. The van der Waals surface area contributed by atoms with Gasteiger partial charge in [-0.15, -0.1) is 0 Å². The Bertz CT molecular complexity index is 198. The van der Waals surface area contributed by atoms with E-state index in [1.54, 1.807) is 6.92 Å². The van der Waals surface area contributed by atoms with Crippen molar-refractivity contribution in [2.75, 3.05) is 0 Å². The van der Waals surface area contributed by atoms with Crippen molar-refractivity contribution in [2.45, 2.75) is 39.2 Å². The smallest absolute Gasteiger partial charge is 0.302 e. The summed E-state index contributed by atoms with van der Waals surface area (Å²) in [6.07, 6.45) is 2.22. The minimum absolute atomic E-state index is 0.0473. The molecule has 0 amide bonds. The van der Waals surface area contributed by atoms with Crippen molar-refractivity contribution in [1.29, 1.82) is 0 Å². The standard InChI is InChI=1S/C9H14O3/c1-6(12-7(2)10)8-4-3-5-9(8)11/h6,8H,3-5H2,1-2H3. The summed E-state index contributed by atoms with van der Waals surface area (Å²) in [5, 5.41) is 0. The molecule has 0 bridgehead atoms. The third kappa shape index (κ3) is 2.06. The normalized spacial score (nSPS) is 25.5. The average Bonchev–Trinajstić information content (AvgIpc) is 2.33. The van der Waals surface area contributed by atoms with Crippen LogP contribution in [-0.2, 0) is 14.3 Å². The number of carbonyl (C=O) groups is 2. The maximum Gasteiger partial charge on any atom is 0.302 e. The summed E-state index contributed by atoms with van der Waals surface area (Å²) in [6.45, 7) is 3.16. The van der Waals surface area contributed by atoms with E-state index in [2.05, 4.69) is 0 Å². The fourth-order valence-corrected chi connectivity index (χ4v) is 1.68. The molecule has 1 rings (SSSR count). The van der Waals surface area contributed by atoms with Crippen molar-refractivity contribution in [2.24, 2.45) is 5.92 Å². The highest BCUT2D eigenvalue weighted by Gasteiger charge is 2.30. The van der Waals surface area contributed by atoms with E-state index < -0.39 is 0 Å². The summed E-state index contributed by atoms with van der Waals surface area (Å²) in [5.41, 5.74) is 0. The Hall–Kier alpha value is -0.860. The van der Waals surface area contributed by atoms with Crippen molar-refractivity contribution in [3.63, 3.8) is 0 Å². The first-order chi connectivity index (χ1) is 5.61. The van der Waals surface area contributed by atoms with Crippen molar-refractivity contribution < 1.29 is 14.3 Å². The number of hydrogen-bond donors (Lipinski definition) is 0. The SMILES string of the molecule is CC(=O)OC(C)C1CCCC1=O. The van der Waals surface area contributed by atoms with Crippen molar-refractivity contribution in [3.8, 4) is 0 Å². The van der Waals surface area contributed by atoms with Gasteiger partial charge in [-0.2, -0.15) is 0 Å². The first kappa shape index (κ1) is 9.23. The van der Waals surface area contributed by atoms with Crippen LogP contribution in [0.15, 0.2) is 0 Å². The number of Topliss-reactive ketones (excluding diaryl/α,β-unsaturated/α-hetero) is 1. The number of ether oxygens (including phenoxy) is 1. The molecule has 0 heterocycles. The molecule has 0 N–H and O–H groups in total. The molecule has 1 fully saturated rings. The van der Waals surface area contributed by atoms with Crippen LogP contribution < -0.4 is 0 Å². The molecule has 0 aromatic carbocycles. The van der Waals surface area contributed by atoms with E-state index in [0.29, 0.717) is 6.42 Å². The van der Waals surface area contributed by atoms with E-state index in [4.69, 9.17) is 4.74 Å². The van der Waals surface area contributed by atoms with Gasteiger partial charge in [0, 0.05) is 13.3 Å². The Labute approximate surface area is 72.1 Å². The quantitative estimate of drug-likeness (QED) is 0.587. The van der Waals surface area contributed by atoms with E-state index in [9.17, 15) is 9.59 Å². The van der Waals surface area contributed by atoms with E-state index in [1.807, 2.05) is 0 Å². The van der Waals surface area contributed by atoms with Crippen LogP contribution >= 0.6 is 0 Å². The summed E-state index contributed by atoms with van der Waals surface area (Å²) in [5.74, 6) is -0.111. The zero-order valence-corrected chi connectivity index (χ0v) is 7.50. The van der Waals surface area contributed by atoms with Crippen molar-refractivity contribution in [1.82, 2.24) is 0 Å². The monoisotopic (exact) mass is 170 g/mol. The second-order valence-corrected chi connectivity index (χ2v) is 3.28. The molecule has 0 radical (unpaired) electrons. The first-order valence-electron chi connectivity index (χ1n) is 4.31. The molecule has 0 aliphatic heterocycles. The van der Waals surface area contributed by atoms with Crippen LogP contribution in [0.25, 0.3) is 0 Å². The predicted molar refractivity (Wildman–Crippen MR) is 43.6 cm³/mol. The van der Waals surface area contributed by atoms with Gasteiger partial charge in [0.15, 0.2) is 0 Å². The van der Waals surface area contributed by atoms with Crippen LogP contribution in [-0.4, -0.2) is 17.9 Å². The molecule has 0 spiro atoms. The highest BCUT2D eigenvalue weighted by molar-refractivity contribution is 5.83. The number of carbonyl (C=O) groups excluding carboxylic acids is 2. The molecule has 0 aromatic heterocycles. The van der Waals surface area contributed by atoms with Crippen LogP contribution in [0.5, 0.6) is 0 Å². The maximum atomic E-state index is 11.2. The van der Waals surface area contributed by atoms with Crippen LogP contribution in [0.4, 0.5) is 0 Å². The van der Waals surface area contributed by atoms with Crippen LogP contribution in [0.1, 0.15) is 33.1 Å². The third-order valence-electron chi connectivity index (χ3n) is 2.27. The van der Waals surface area contributed by atoms with Gasteiger partial charge in [-0.05, 0) is 19.8 Å². The summed E-state index contributed by atoms with van der Waals surface area (Å²) >= 11 is 0. The van der Waals surface area contributed by atoms with E-state index >= 15 is 0 Å². The largest absolute Gasteiger partial charge is 0.462 e. The Morgan fingerprint density at radius 1 is 1.67 bits per heavy atom. The van der Waals surface area contributed by atoms with Gasteiger partial charge in [0.2, 0.25) is 0 Å². The molecule has 1 saturated carbocycles. The minimum atomic E-state index is -0.304. The van der Waals surface area contributed by atoms with E-state index in [0.717, 1.165) is 12.8 Å². The van der Waals surface area contributed by atoms with E-state index in [1.165, 1.54) is 6.92 Å². The van der Waals surface area contributed by atoms with Crippen molar-refractivity contribution in [3.05, 3.63) is 0 Å². The summed E-state index contributed by atoms with van der Waals surface area (Å²) in [6, 6.07) is 0. The fourth-order valence-electron chi connectivity index (χ4n) is 1.68. The molecule has 1 aliphatic carbocycles. The topological polar surface area (TPSA) is 43.4 Å². The number of hydrogen-bond acceptors (Lipinski definition) is 3. The lowest BCUT2D eigenvalue weighted by atomic mass is 10.0. The molecule has 12 heavy (non-hydrogen) atoms. The lowest BCUT2D eigenvalue weighted by Gasteiger charge is -2.16. The molecule has 2 unspecified atom stereocenters. The molecular weight excluding hydrogens is 156 g/mol. The lowest BCUT2D eigenvalue weighted by molar-refractivity contribution is -0.149. The van der Waals surface area contributed by atoms with Crippen LogP contribution in [0.2, 0.25) is 0 Å². The van der Waals surface area contributed by atoms with Gasteiger partial charge in [0.25, 0.3) is 0 Å². The lowest BCUT2D eigenvalue weighted by Crippen LogP contribution is -2.25. The Morgan fingerprint density at radius 3 is 2.75 bits per heavy atom. The summed E-state index contributed by atoms with van der Waals surface area (Å²) < 4.78 is 4.94.